The van der Waals surface area contributed by atoms with Gasteiger partial charge in [0.05, 0.1) is 0 Å². The molecule has 21 heavy (non-hydrogen) atoms. The molecule has 0 amide bonds. The molecule has 0 bridgehead atoms. The third kappa shape index (κ3) is 5.12. The lowest BCUT2D eigenvalue weighted by atomic mass is 9.99. The molecule has 0 radical (unpaired) electrons. The van der Waals surface area contributed by atoms with Crippen LogP contribution in [0.25, 0.3) is 0 Å². The van der Waals surface area contributed by atoms with Crippen molar-refractivity contribution in [1.82, 2.24) is 10.2 Å². The second-order valence-corrected chi connectivity index (χ2v) is 7.00. The minimum atomic E-state index is 0.563. The van der Waals surface area contributed by atoms with Gasteiger partial charge < -0.3 is 5.32 Å². The highest BCUT2D eigenvalue weighted by Crippen LogP contribution is 2.22. The second kappa shape index (κ2) is 7.95. The summed E-state index contributed by atoms with van der Waals surface area (Å²) in [6.07, 6.45) is 2.71. The molecule has 1 aromatic carbocycles. The molecule has 2 nitrogen and oxygen atoms in total. The van der Waals surface area contributed by atoms with Gasteiger partial charge in [-0.2, -0.15) is 0 Å². The summed E-state index contributed by atoms with van der Waals surface area (Å²) in [7, 11) is 0. The lowest BCUT2D eigenvalue weighted by Gasteiger charge is -2.18. The Labute approximate surface area is 130 Å². The van der Waals surface area contributed by atoms with Gasteiger partial charge in [-0.1, -0.05) is 58.4 Å². The molecule has 118 valence electrons. The van der Waals surface area contributed by atoms with Gasteiger partial charge in [-0.05, 0) is 35.9 Å². The van der Waals surface area contributed by atoms with E-state index in [0.717, 1.165) is 19.0 Å². The Kier molecular flexibility index (Phi) is 6.25. The highest BCUT2D eigenvalue weighted by molar-refractivity contribution is 5.25. The second-order valence-electron chi connectivity index (χ2n) is 7.00. The molecule has 0 aromatic heterocycles. The summed E-state index contributed by atoms with van der Waals surface area (Å²) >= 11 is 0. The first-order valence-corrected chi connectivity index (χ1v) is 8.63. The van der Waals surface area contributed by atoms with Crippen LogP contribution in [-0.4, -0.2) is 30.6 Å². The lowest BCUT2D eigenvalue weighted by molar-refractivity contribution is 0.315. The van der Waals surface area contributed by atoms with E-state index in [1.165, 1.54) is 37.1 Å². The number of nitrogens with one attached hydrogen (secondary N) is 1. The van der Waals surface area contributed by atoms with Gasteiger partial charge in [-0.25, -0.2) is 0 Å². The van der Waals surface area contributed by atoms with Crippen LogP contribution in [-0.2, 0) is 6.54 Å². The zero-order valence-electron chi connectivity index (χ0n) is 14.2. The Bertz CT molecular complexity index is 410. The van der Waals surface area contributed by atoms with Crippen molar-refractivity contribution in [2.24, 2.45) is 5.92 Å². The number of nitrogens with zero attached hydrogens (tertiary/aromatic N) is 1. The van der Waals surface area contributed by atoms with E-state index in [-0.39, 0.29) is 0 Å². The van der Waals surface area contributed by atoms with E-state index in [9.17, 15) is 0 Å². The largest absolute Gasteiger partial charge is 0.314 e. The molecule has 2 heteroatoms. The summed E-state index contributed by atoms with van der Waals surface area (Å²) in [5.41, 5.74) is 2.90. The molecule has 2 rings (SSSR count). The van der Waals surface area contributed by atoms with E-state index in [1.807, 2.05) is 0 Å². The van der Waals surface area contributed by atoms with Crippen LogP contribution in [0.2, 0.25) is 0 Å². The standard InChI is InChI=1S/C19H32N2/c1-5-17-10-11-21(13-17)14-18-6-8-19(9-7-18)16(4)12-20-15(2)3/h6-9,15-17,20H,5,10-14H2,1-4H3. The number of rotatable bonds is 7. The van der Waals surface area contributed by atoms with Crippen LogP contribution in [0.1, 0.15) is 57.6 Å². The minimum absolute atomic E-state index is 0.563. The van der Waals surface area contributed by atoms with Crippen LogP contribution in [0.4, 0.5) is 0 Å². The van der Waals surface area contributed by atoms with E-state index < -0.39 is 0 Å². The molecule has 1 aromatic rings. The summed E-state index contributed by atoms with van der Waals surface area (Å²) in [6.45, 7) is 13.8. The smallest absolute Gasteiger partial charge is 0.0233 e. The fraction of sp³-hybridized carbons (Fsp3) is 0.684. The summed E-state index contributed by atoms with van der Waals surface area (Å²) in [4.78, 5) is 2.60. The van der Waals surface area contributed by atoms with Gasteiger partial charge in [-0.3, -0.25) is 4.90 Å². The predicted octanol–water partition coefficient (Wildman–Crippen LogP) is 4.02. The van der Waals surface area contributed by atoms with E-state index >= 15 is 0 Å². The van der Waals surface area contributed by atoms with E-state index in [2.05, 4.69) is 62.2 Å². The van der Waals surface area contributed by atoms with Gasteiger partial charge in [0.1, 0.15) is 0 Å². The molecular weight excluding hydrogens is 256 g/mol. The van der Waals surface area contributed by atoms with Crippen molar-refractivity contribution in [3.63, 3.8) is 0 Å². The fourth-order valence-corrected chi connectivity index (χ4v) is 3.13. The maximum Gasteiger partial charge on any atom is 0.0233 e. The van der Waals surface area contributed by atoms with E-state index in [1.54, 1.807) is 0 Å². The summed E-state index contributed by atoms with van der Waals surface area (Å²) in [5, 5.41) is 3.52. The first-order valence-electron chi connectivity index (χ1n) is 8.63. The zero-order valence-corrected chi connectivity index (χ0v) is 14.2. The van der Waals surface area contributed by atoms with E-state index in [0.29, 0.717) is 12.0 Å². The Hall–Kier alpha value is -0.860. The first kappa shape index (κ1) is 16.5. The van der Waals surface area contributed by atoms with Crippen molar-refractivity contribution in [2.75, 3.05) is 19.6 Å². The number of benzene rings is 1. The highest BCUT2D eigenvalue weighted by atomic mass is 15.1. The molecule has 1 aliphatic heterocycles. The average Bonchev–Trinajstić information content (AvgIpc) is 2.93. The molecule has 1 saturated heterocycles. The van der Waals surface area contributed by atoms with Crippen LogP contribution in [0.3, 0.4) is 0 Å². The molecule has 1 aliphatic rings. The molecule has 0 spiro atoms. The van der Waals surface area contributed by atoms with Crippen LogP contribution < -0.4 is 5.32 Å². The maximum absolute atomic E-state index is 3.52. The molecule has 2 atom stereocenters. The van der Waals surface area contributed by atoms with Crippen molar-refractivity contribution in [3.8, 4) is 0 Å². The van der Waals surface area contributed by atoms with Crippen molar-refractivity contribution in [2.45, 2.75) is 59.0 Å². The molecule has 1 fully saturated rings. The quantitative estimate of drug-likeness (QED) is 0.815. The monoisotopic (exact) mass is 288 g/mol. The predicted molar refractivity (Wildman–Crippen MR) is 91.7 cm³/mol. The number of hydrogen-bond donors (Lipinski definition) is 1. The molecule has 0 saturated carbocycles. The number of likely N-dealkylation sites (tertiary alicyclic amines) is 1. The molecule has 0 aliphatic carbocycles. The Morgan fingerprint density at radius 1 is 1.19 bits per heavy atom. The van der Waals surface area contributed by atoms with Crippen LogP contribution in [0.5, 0.6) is 0 Å². The molecule has 1 N–H and O–H groups in total. The maximum atomic E-state index is 3.52. The lowest BCUT2D eigenvalue weighted by Crippen LogP contribution is -2.27. The normalized spacial score (nSPS) is 21.1. The highest BCUT2D eigenvalue weighted by Gasteiger charge is 2.20. The summed E-state index contributed by atoms with van der Waals surface area (Å²) in [5.74, 6) is 1.50. The van der Waals surface area contributed by atoms with Crippen LogP contribution in [0, 0.1) is 5.92 Å². The van der Waals surface area contributed by atoms with Gasteiger partial charge in [0.15, 0.2) is 0 Å². The van der Waals surface area contributed by atoms with Gasteiger partial charge in [0, 0.05) is 25.7 Å². The van der Waals surface area contributed by atoms with Crippen molar-refractivity contribution < 1.29 is 0 Å². The van der Waals surface area contributed by atoms with Crippen LogP contribution in [0.15, 0.2) is 24.3 Å². The third-order valence-electron chi connectivity index (χ3n) is 4.73. The van der Waals surface area contributed by atoms with Gasteiger partial charge in [0.2, 0.25) is 0 Å². The minimum Gasteiger partial charge on any atom is -0.314 e. The Balaban J connectivity index is 1.84. The van der Waals surface area contributed by atoms with Gasteiger partial charge in [0.25, 0.3) is 0 Å². The van der Waals surface area contributed by atoms with Gasteiger partial charge in [-0.15, -0.1) is 0 Å². The van der Waals surface area contributed by atoms with E-state index in [4.69, 9.17) is 0 Å². The van der Waals surface area contributed by atoms with Crippen molar-refractivity contribution in [1.29, 1.82) is 0 Å². The van der Waals surface area contributed by atoms with Crippen molar-refractivity contribution in [3.05, 3.63) is 35.4 Å². The molecule has 2 unspecified atom stereocenters. The Morgan fingerprint density at radius 3 is 2.48 bits per heavy atom. The Morgan fingerprint density at radius 2 is 1.90 bits per heavy atom. The summed E-state index contributed by atoms with van der Waals surface area (Å²) in [6, 6.07) is 9.83. The SMILES string of the molecule is CCC1CCN(Cc2ccc(C(C)CNC(C)C)cc2)C1. The van der Waals surface area contributed by atoms with Gasteiger partial charge >= 0.3 is 0 Å². The topological polar surface area (TPSA) is 15.3 Å². The first-order chi connectivity index (χ1) is 10.1. The zero-order chi connectivity index (χ0) is 15.2. The third-order valence-corrected chi connectivity index (χ3v) is 4.73. The fourth-order valence-electron chi connectivity index (χ4n) is 3.13. The van der Waals surface area contributed by atoms with Crippen molar-refractivity contribution >= 4 is 0 Å². The molecule has 1 heterocycles. The summed E-state index contributed by atoms with van der Waals surface area (Å²) < 4.78 is 0. The molecular formula is C19H32N2. The average molecular weight is 288 g/mol. The number of hydrogen-bond acceptors (Lipinski definition) is 2. The van der Waals surface area contributed by atoms with Crippen LogP contribution >= 0.6 is 0 Å².